The number of pyridine rings is 1. The van der Waals surface area contributed by atoms with Crippen LogP contribution in [0.3, 0.4) is 0 Å². The van der Waals surface area contributed by atoms with E-state index in [0.29, 0.717) is 6.42 Å². The van der Waals surface area contributed by atoms with Gasteiger partial charge in [-0.15, -0.1) is 11.8 Å². The van der Waals surface area contributed by atoms with Gasteiger partial charge in [0.05, 0.1) is 5.37 Å². The first-order valence-electron chi connectivity index (χ1n) is 5.76. The van der Waals surface area contributed by atoms with Crippen LogP contribution >= 0.6 is 11.8 Å². The van der Waals surface area contributed by atoms with Crippen LogP contribution in [0, 0.1) is 0 Å². The molecule has 1 saturated heterocycles. The molecule has 2 atom stereocenters. The molecule has 8 heteroatoms. The van der Waals surface area contributed by atoms with Gasteiger partial charge in [0.25, 0.3) is 0 Å². The van der Waals surface area contributed by atoms with Gasteiger partial charge >= 0.3 is 5.97 Å². The Hall–Kier alpha value is -1.12. The van der Waals surface area contributed by atoms with Gasteiger partial charge < -0.3 is 5.11 Å². The molecule has 1 N–H and O–H groups in total. The number of carboxylic acids is 1. The average molecular weight is 302 g/mol. The van der Waals surface area contributed by atoms with E-state index in [1.165, 1.54) is 36.3 Å². The van der Waals surface area contributed by atoms with E-state index in [9.17, 15) is 18.3 Å². The summed E-state index contributed by atoms with van der Waals surface area (Å²) in [4.78, 5) is 15.0. The molecule has 1 aliphatic rings. The summed E-state index contributed by atoms with van der Waals surface area (Å²) in [5.74, 6) is -0.844. The molecule has 104 valence electrons. The molecule has 0 bridgehead atoms. The summed E-state index contributed by atoms with van der Waals surface area (Å²) >= 11 is 1.35. The molecular weight excluding hydrogens is 288 g/mol. The second-order valence-corrected chi connectivity index (χ2v) is 7.13. The Bertz CT molecular complexity index is 561. The maximum Gasteiger partial charge on any atom is 0.322 e. The van der Waals surface area contributed by atoms with E-state index in [0.717, 1.165) is 4.31 Å². The van der Waals surface area contributed by atoms with Crippen LogP contribution in [0.4, 0.5) is 0 Å². The van der Waals surface area contributed by atoms with Gasteiger partial charge in [-0.25, -0.2) is 8.42 Å². The predicted octanol–water partition coefficient (Wildman–Crippen LogP) is 1.01. The minimum absolute atomic E-state index is 0.0298. The second kappa shape index (κ2) is 5.48. The number of aromatic nitrogens is 1. The van der Waals surface area contributed by atoms with Crippen LogP contribution < -0.4 is 0 Å². The van der Waals surface area contributed by atoms with Gasteiger partial charge in [-0.3, -0.25) is 9.78 Å². The topological polar surface area (TPSA) is 87.6 Å². The molecule has 0 amide bonds. The fourth-order valence-corrected chi connectivity index (χ4v) is 5.47. The number of hydrogen-bond donors (Lipinski definition) is 1. The molecule has 2 rings (SSSR count). The van der Waals surface area contributed by atoms with E-state index in [2.05, 4.69) is 4.98 Å². The Morgan fingerprint density at radius 3 is 2.89 bits per heavy atom. The highest BCUT2D eigenvalue weighted by Crippen LogP contribution is 2.35. The molecule has 1 aromatic rings. The highest BCUT2D eigenvalue weighted by Gasteiger charge is 2.45. The molecule has 0 spiro atoms. The van der Waals surface area contributed by atoms with Crippen LogP contribution in [-0.4, -0.2) is 46.0 Å². The fraction of sp³-hybridized carbons (Fsp3) is 0.455. The molecule has 2 heterocycles. The van der Waals surface area contributed by atoms with Gasteiger partial charge in [0.2, 0.25) is 10.0 Å². The summed E-state index contributed by atoms with van der Waals surface area (Å²) in [6.45, 7) is 1.84. The van der Waals surface area contributed by atoms with Crippen molar-refractivity contribution in [3.63, 3.8) is 0 Å². The first-order valence-corrected chi connectivity index (χ1v) is 8.25. The molecule has 0 saturated carbocycles. The summed E-state index contributed by atoms with van der Waals surface area (Å²) < 4.78 is 26.2. The lowest BCUT2D eigenvalue weighted by atomic mass is 10.3. The summed E-state index contributed by atoms with van der Waals surface area (Å²) in [6, 6.07) is 1.93. The van der Waals surface area contributed by atoms with Crippen LogP contribution in [-0.2, 0) is 14.8 Å². The SMILES string of the molecule is CCC1SCC(C(=O)O)N1S(=O)(=O)c1cccnc1. The van der Waals surface area contributed by atoms with Crippen LogP contribution in [0.25, 0.3) is 0 Å². The monoisotopic (exact) mass is 302 g/mol. The Morgan fingerprint density at radius 2 is 2.37 bits per heavy atom. The standard InChI is InChI=1S/C11H14N2O4S2/c1-2-10-13(9(7-18-10)11(14)15)19(16,17)8-4-3-5-12-6-8/h3-6,9-10H,2,7H2,1H3,(H,14,15). The number of hydrogen-bond acceptors (Lipinski definition) is 5. The predicted molar refractivity (Wildman–Crippen MR) is 71.2 cm³/mol. The van der Waals surface area contributed by atoms with Crippen molar-refractivity contribution in [3.8, 4) is 0 Å². The summed E-state index contributed by atoms with van der Waals surface area (Å²) in [7, 11) is -3.82. The third-order valence-corrected chi connectivity index (χ3v) is 6.37. The molecule has 19 heavy (non-hydrogen) atoms. The second-order valence-electron chi connectivity index (χ2n) is 4.07. The number of carbonyl (C=O) groups is 1. The normalized spacial score (nSPS) is 24.5. The highest BCUT2D eigenvalue weighted by atomic mass is 32.2. The van der Waals surface area contributed by atoms with Crippen molar-refractivity contribution >= 4 is 27.8 Å². The first kappa shape index (κ1) is 14.3. The van der Waals surface area contributed by atoms with Crippen LogP contribution in [0.5, 0.6) is 0 Å². The summed E-state index contributed by atoms with van der Waals surface area (Å²) in [6.07, 6.45) is 3.28. The number of nitrogens with zero attached hydrogens (tertiary/aromatic N) is 2. The molecule has 1 aromatic heterocycles. The Morgan fingerprint density at radius 1 is 1.63 bits per heavy atom. The van der Waals surface area contributed by atoms with Gasteiger partial charge in [0.15, 0.2) is 0 Å². The maximum absolute atomic E-state index is 12.5. The van der Waals surface area contributed by atoms with E-state index in [1.54, 1.807) is 0 Å². The third-order valence-electron chi connectivity index (χ3n) is 2.88. The van der Waals surface area contributed by atoms with E-state index in [-0.39, 0.29) is 16.0 Å². The van der Waals surface area contributed by atoms with Crippen molar-refractivity contribution in [1.29, 1.82) is 0 Å². The Labute approximate surface area is 115 Å². The highest BCUT2D eigenvalue weighted by molar-refractivity contribution is 8.01. The molecule has 0 radical (unpaired) electrons. The summed E-state index contributed by atoms with van der Waals surface area (Å²) in [5, 5.41) is 8.83. The van der Waals surface area contributed by atoms with Gasteiger partial charge in [0.1, 0.15) is 10.9 Å². The number of sulfonamides is 1. The van der Waals surface area contributed by atoms with E-state index >= 15 is 0 Å². The summed E-state index contributed by atoms with van der Waals surface area (Å²) in [5.41, 5.74) is 0. The number of rotatable bonds is 4. The van der Waals surface area contributed by atoms with Gasteiger partial charge in [0, 0.05) is 18.1 Å². The third kappa shape index (κ3) is 2.60. The first-order chi connectivity index (χ1) is 8.98. The number of thioether (sulfide) groups is 1. The van der Waals surface area contributed by atoms with Gasteiger partial charge in [-0.2, -0.15) is 4.31 Å². The Kier molecular flexibility index (Phi) is 4.12. The zero-order valence-electron chi connectivity index (χ0n) is 10.3. The largest absolute Gasteiger partial charge is 0.480 e. The van der Waals surface area contributed by atoms with Crippen molar-refractivity contribution in [2.24, 2.45) is 0 Å². The van der Waals surface area contributed by atoms with Crippen molar-refractivity contribution in [3.05, 3.63) is 24.5 Å². The molecule has 2 unspecified atom stereocenters. The van der Waals surface area contributed by atoms with Crippen LogP contribution in [0.15, 0.2) is 29.4 Å². The van der Waals surface area contributed by atoms with Crippen molar-refractivity contribution in [1.82, 2.24) is 9.29 Å². The lowest BCUT2D eigenvalue weighted by Crippen LogP contribution is -2.45. The van der Waals surface area contributed by atoms with Crippen molar-refractivity contribution in [2.75, 3.05) is 5.75 Å². The van der Waals surface area contributed by atoms with Crippen molar-refractivity contribution < 1.29 is 18.3 Å². The van der Waals surface area contributed by atoms with E-state index in [4.69, 9.17) is 0 Å². The lowest BCUT2D eigenvalue weighted by molar-refractivity contribution is -0.140. The smallest absolute Gasteiger partial charge is 0.322 e. The lowest BCUT2D eigenvalue weighted by Gasteiger charge is -2.25. The van der Waals surface area contributed by atoms with Gasteiger partial charge in [-0.05, 0) is 18.6 Å². The number of carboxylic acid groups (broad SMARTS) is 1. The molecule has 6 nitrogen and oxygen atoms in total. The van der Waals surface area contributed by atoms with Crippen LogP contribution in [0.1, 0.15) is 13.3 Å². The van der Waals surface area contributed by atoms with Crippen LogP contribution in [0.2, 0.25) is 0 Å². The maximum atomic E-state index is 12.5. The zero-order valence-corrected chi connectivity index (χ0v) is 11.9. The van der Waals surface area contributed by atoms with E-state index in [1.807, 2.05) is 6.92 Å². The Balaban J connectivity index is 2.44. The van der Waals surface area contributed by atoms with Gasteiger partial charge in [-0.1, -0.05) is 6.92 Å². The van der Waals surface area contributed by atoms with Crippen molar-refractivity contribution in [2.45, 2.75) is 29.7 Å². The molecular formula is C11H14N2O4S2. The molecule has 1 fully saturated rings. The van der Waals surface area contributed by atoms with E-state index < -0.39 is 22.0 Å². The molecule has 0 aromatic carbocycles. The zero-order chi connectivity index (χ0) is 14.0. The minimum Gasteiger partial charge on any atom is -0.480 e. The molecule has 1 aliphatic heterocycles. The molecule has 0 aliphatic carbocycles. The minimum atomic E-state index is -3.82. The fourth-order valence-electron chi connectivity index (χ4n) is 1.97. The average Bonchev–Trinajstić information content (AvgIpc) is 2.84. The quantitative estimate of drug-likeness (QED) is 0.893. The number of aliphatic carboxylic acids is 1.